The predicted molar refractivity (Wildman–Crippen MR) is 140 cm³/mol. The zero-order chi connectivity index (χ0) is 24.6. The average molecular weight is 535 g/mol. The van der Waals surface area contributed by atoms with Crippen molar-refractivity contribution in [2.24, 2.45) is 0 Å². The molecule has 0 atom stereocenters. The van der Waals surface area contributed by atoms with E-state index >= 15 is 0 Å². The highest BCUT2D eigenvalue weighted by molar-refractivity contribution is 7.92. The minimum absolute atomic E-state index is 0.0550. The van der Waals surface area contributed by atoms with Gasteiger partial charge in [-0.2, -0.15) is 0 Å². The van der Waals surface area contributed by atoms with Crippen molar-refractivity contribution in [1.29, 1.82) is 0 Å². The Morgan fingerprint density at radius 1 is 1.06 bits per heavy atom. The third-order valence-electron chi connectivity index (χ3n) is 5.01. The van der Waals surface area contributed by atoms with Crippen LogP contribution in [0.5, 0.6) is 0 Å². The van der Waals surface area contributed by atoms with Gasteiger partial charge in [0.05, 0.1) is 5.02 Å². The summed E-state index contributed by atoms with van der Waals surface area (Å²) >= 11 is 11.4. The van der Waals surface area contributed by atoms with Crippen LogP contribution < -0.4 is 20.9 Å². The lowest BCUT2D eigenvalue weighted by atomic mass is 10.1. The minimum atomic E-state index is -4.06. The van der Waals surface area contributed by atoms with Crippen molar-refractivity contribution in [3.8, 4) is 5.69 Å². The summed E-state index contributed by atoms with van der Waals surface area (Å²) in [5.41, 5.74) is 1.55. The number of nitrogens with one attached hydrogen (secondary N) is 3. The SMILES string of the molecule is CNc1ccc2c(=O)n(-c3ccc(NC(=O)NS(=O)(=O)c4cc(Cl)c(C)s4)cc3)cc(S)c2c1. The molecule has 0 saturated heterocycles. The Hall–Kier alpha value is -2.99. The standard InChI is InChI=1S/C22H19ClN4O4S3/c1-12-18(23)10-20(33-12)34(30,31)26-22(29)25-13-3-6-15(7-4-13)27-11-19(32)17-9-14(24-2)5-8-16(17)21(27)28/h3-11,24,32H,1-2H3,(H2,25,26,29). The summed E-state index contributed by atoms with van der Waals surface area (Å²) in [5, 5.41) is 7.07. The van der Waals surface area contributed by atoms with Gasteiger partial charge in [0.2, 0.25) is 0 Å². The molecule has 0 fully saturated rings. The van der Waals surface area contributed by atoms with Crippen LogP contribution in [0.15, 0.2) is 68.6 Å². The molecule has 0 aliphatic heterocycles. The first-order valence-corrected chi connectivity index (χ1v) is 13.0. The molecule has 0 saturated carbocycles. The number of amides is 2. The number of aryl methyl sites for hydroxylation is 1. The number of fused-ring (bicyclic) bond motifs is 1. The molecule has 0 aliphatic rings. The van der Waals surface area contributed by atoms with E-state index in [1.165, 1.54) is 10.6 Å². The van der Waals surface area contributed by atoms with Crippen molar-refractivity contribution in [2.45, 2.75) is 16.0 Å². The number of anilines is 2. The van der Waals surface area contributed by atoms with Crippen LogP contribution in [0.3, 0.4) is 0 Å². The van der Waals surface area contributed by atoms with E-state index in [4.69, 9.17) is 11.6 Å². The molecular formula is C22H19ClN4O4S3. The molecule has 0 spiro atoms. The molecule has 2 aromatic heterocycles. The molecule has 3 N–H and O–H groups in total. The summed E-state index contributed by atoms with van der Waals surface area (Å²) in [4.78, 5) is 26.5. The number of nitrogens with zero attached hydrogens (tertiary/aromatic N) is 1. The fourth-order valence-electron chi connectivity index (χ4n) is 3.27. The van der Waals surface area contributed by atoms with Gasteiger partial charge in [0.1, 0.15) is 4.21 Å². The molecule has 176 valence electrons. The highest BCUT2D eigenvalue weighted by Crippen LogP contribution is 2.29. The van der Waals surface area contributed by atoms with E-state index < -0.39 is 16.1 Å². The number of halogens is 1. The lowest BCUT2D eigenvalue weighted by molar-refractivity contribution is 0.256. The van der Waals surface area contributed by atoms with Crippen molar-refractivity contribution >= 4 is 73.8 Å². The van der Waals surface area contributed by atoms with E-state index in [9.17, 15) is 18.0 Å². The molecule has 0 unspecified atom stereocenters. The Balaban J connectivity index is 1.54. The highest BCUT2D eigenvalue weighted by Gasteiger charge is 2.21. The molecule has 12 heteroatoms. The number of thiol groups is 1. The zero-order valence-corrected chi connectivity index (χ0v) is 21.2. The zero-order valence-electron chi connectivity index (χ0n) is 17.9. The molecule has 0 bridgehead atoms. The topological polar surface area (TPSA) is 109 Å². The molecule has 0 radical (unpaired) electrons. The van der Waals surface area contributed by atoms with Gasteiger partial charge in [-0.05, 0) is 55.5 Å². The largest absolute Gasteiger partial charge is 0.388 e. The fraction of sp³-hybridized carbons (Fsp3) is 0.0909. The molecule has 4 rings (SSSR count). The molecule has 2 aromatic carbocycles. The summed E-state index contributed by atoms with van der Waals surface area (Å²) < 4.78 is 28.1. The van der Waals surface area contributed by atoms with E-state index in [0.717, 1.165) is 22.4 Å². The van der Waals surface area contributed by atoms with Gasteiger partial charge in [-0.15, -0.1) is 24.0 Å². The van der Waals surface area contributed by atoms with Gasteiger partial charge in [0.15, 0.2) is 0 Å². The first-order chi connectivity index (χ1) is 16.1. The van der Waals surface area contributed by atoms with Crippen molar-refractivity contribution < 1.29 is 13.2 Å². The van der Waals surface area contributed by atoms with E-state index in [1.807, 2.05) is 16.9 Å². The van der Waals surface area contributed by atoms with E-state index in [-0.39, 0.29) is 9.77 Å². The second kappa shape index (κ2) is 9.34. The lowest BCUT2D eigenvalue weighted by Crippen LogP contribution is -2.33. The van der Waals surface area contributed by atoms with Crippen LogP contribution in [0.2, 0.25) is 5.02 Å². The van der Waals surface area contributed by atoms with E-state index in [1.54, 1.807) is 50.5 Å². The fourth-order valence-corrected chi connectivity index (χ4v) is 6.17. The summed E-state index contributed by atoms with van der Waals surface area (Å²) in [7, 11) is -2.26. The Morgan fingerprint density at radius 2 is 1.74 bits per heavy atom. The number of hydrogen-bond donors (Lipinski definition) is 4. The van der Waals surface area contributed by atoms with Gasteiger partial charge < -0.3 is 10.6 Å². The van der Waals surface area contributed by atoms with Crippen molar-refractivity contribution in [3.05, 3.63) is 75.0 Å². The monoisotopic (exact) mass is 534 g/mol. The lowest BCUT2D eigenvalue weighted by Gasteiger charge is -2.12. The number of pyridine rings is 1. The molecule has 2 heterocycles. The third-order valence-corrected chi connectivity index (χ3v) is 8.73. The number of rotatable bonds is 5. The summed E-state index contributed by atoms with van der Waals surface area (Å²) in [6, 6.07) is 12.2. The van der Waals surface area contributed by atoms with Crippen molar-refractivity contribution in [3.63, 3.8) is 0 Å². The van der Waals surface area contributed by atoms with Crippen LogP contribution in [-0.2, 0) is 10.0 Å². The van der Waals surface area contributed by atoms with Gasteiger partial charge in [-0.25, -0.2) is 17.9 Å². The van der Waals surface area contributed by atoms with Gasteiger partial charge in [-0.3, -0.25) is 9.36 Å². The second-order valence-electron chi connectivity index (χ2n) is 7.28. The number of aromatic nitrogens is 1. The minimum Gasteiger partial charge on any atom is -0.388 e. The number of carbonyl (C=O) groups excluding carboxylic acids is 1. The first kappa shape index (κ1) is 24.1. The second-order valence-corrected chi connectivity index (χ2v) is 11.3. The maximum absolute atomic E-state index is 13.0. The first-order valence-electron chi connectivity index (χ1n) is 9.85. The number of hydrogen-bond acceptors (Lipinski definition) is 7. The molecule has 4 aromatic rings. The van der Waals surface area contributed by atoms with Crippen LogP contribution in [0, 0.1) is 6.92 Å². The quantitative estimate of drug-likeness (QED) is 0.273. The maximum Gasteiger partial charge on any atom is 0.333 e. The number of sulfonamides is 1. The van der Waals surface area contributed by atoms with Crippen LogP contribution in [0.1, 0.15) is 4.88 Å². The van der Waals surface area contributed by atoms with E-state index in [0.29, 0.717) is 31.6 Å². The third kappa shape index (κ3) is 4.78. The van der Waals surface area contributed by atoms with Crippen molar-refractivity contribution in [2.75, 3.05) is 17.7 Å². The van der Waals surface area contributed by atoms with E-state index in [2.05, 4.69) is 23.3 Å². The summed E-state index contributed by atoms with van der Waals surface area (Å²) in [6.45, 7) is 1.69. The highest BCUT2D eigenvalue weighted by atomic mass is 35.5. The van der Waals surface area contributed by atoms with Gasteiger partial charge in [0.25, 0.3) is 15.6 Å². The van der Waals surface area contributed by atoms with Crippen molar-refractivity contribution in [1.82, 2.24) is 9.29 Å². The average Bonchev–Trinajstić information content (AvgIpc) is 3.15. The molecule has 0 aliphatic carbocycles. The summed E-state index contributed by atoms with van der Waals surface area (Å²) in [5.74, 6) is 0. The molecule has 34 heavy (non-hydrogen) atoms. The predicted octanol–water partition coefficient (Wildman–Crippen LogP) is 4.85. The number of carbonyl (C=O) groups is 1. The van der Waals surface area contributed by atoms with Gasteiger partial charge in [0, 0.05) is 50.9 Å². The number of benzene rings is 2. The molecule has 8 nitrogen and oxygen atoms in total. The van der Waals surface area contributed by atoms with Crippen LogP contribution in [-0.4, -0.2) is 26.1 Å². The number of urea groups is 1. The van der Waals surface area contributed by atoms with Crippen LogP contribution >= 0.6 is 35.6 Å². The molecular weight excluding hydrogens is 516 g/mol. The summed E-state index contributed by atoms with van der Waals surface area (Å²) in [6.07, 6.45) is 1.63. The Labute approximate surface area is 210 Å². The Morgan fingerprint density at radius 3 is 2.35 bits per heavy atom. The maximum atomic E-state index is 13.0. The number of thiophene rings is 1. The van der Waals surface area contributed by atoms with Crippen LogP contribution in [0.25, 0.3) is 16.5 Å². The van der Waals surface area contributed by atoms with Crippen LogP contribution in [0.4, 0.5) is 16.2 Å². The normalized spacial score (nSPS) is 11.4. The molecule has 2 amide bonds. The Bertz CT molecular complexity index is 1560. The van der Waals surface area contributed by atoms with Gasteiger partial charge in [-0.1, -0.05) is 11.6 Å². The Kier molecular flexibility index (Phi) is 6.63. The smallest absolute Gasteiger partial charge is 0.333 e. The van der Waals surface area contributed by atoms with Gasteiger partial charge >= 0.3 is 6.03 Å².